The summed E-state index contributed by atoms with van der Waals surface area (Å²) in [6, 6.07) is 9.17. The molecule has 2 aromatic rings. The minimum atomic E-state index is -0.150. The average Bonchev–Trinajstić information content (AvgIpc) is 2.71. The average molecular weight is 227 g/mol. The van der Waals surface area contributed by atoms with Gasteiger partial charge in [-0.2, -0.15) is 5.26 Å². The van der Waals surface area contributed by atoms with Crippen LogP contribution >= 0.6 is 0 Å². The molecule has 0 aliphatic rings. The molecule has 86 valence electrons. The molecule has 0 fully saturated rings. The van der Waals surface area contributed by atoms with E-state index in [2.05, 4.69) is 16.4 Å². The minimum absolute atomic E-state index is 0.150. The summed E-state index contributed by atoms with van der Waals surface area (Å²) in [5.41, 5.74) is 8.88. The Balaban J connectivity index is 2.50. The first-order valence-electron chi connectivity index (χ1n) is 5.32. The maximum atomic E-state index is 8.86. The molecule has 1 heterocycles. The molecule has 1 unspecified atom stereocenters. The molecule has 0 saturated heterocycles. The molecule has 0 radical (unpaired) electrons. The van der Waals surface area contributed by atoms with E-state index in [1.165, 1.54) is 0 Å². The summed E-state index contributed by atoms with van der Waals surface area (Å²) in [4.78, 5) is 0. The van der Waals surface area contributed by atoms with E-state index in [4.69, 9.17) is 11.0 Å². The number of hydrogen-bond acceptors (Lipinski definition) is 4. The van der Waals surface area contributed by atoms with E-state index in [0.717, 1.165) is 17.1 Å². The van der Waals surface area contributed by atoms with Crippen molar-refractivity contribution in [3.8, 4) is 11.8 Å². The predicted octanol–water partition coefficient (Wildman–Crippen LogP) is 1.47. The zero-order chi connectivity index (χ0) is 12.4. The van der Waals surface area contributed by atoms with E-state index in [0.29, 0.717) is 5.56 Å². The quantitative estimate of drug-likeness (QED) is 0.842. The van der Waals surface area contributed by atoms with Gasteiger partial charge in [0.25, 0.3) is 0 Å². The number of nitrogens with two attached hydrogens (primary N) is 1. The normalized spacial score (nSPS) is 12.1. The highest BCUT2D eigenvalue weighted by atomic mass is 15.4. The van der Waals surface area contributed by atoms with Crippen molar-refractivity contribution < 1.29 is 0 Å². The van der Waals surface area contributed by atoms with Gasteiger partial charge < -0.3 is 5.73 Å². The van der Waals surface area contributed by atoms with Crippen LogP contribution in [0.15, 0.2) is 24.3 Å². The molecule has 1 aromatic heterocycles. The molecule has 1 aromatic carbocycles. The van der Waals surface area contributed by atoms with Crippen LogP contribution in [0.5, 0.6) is 0 Å². The van der Waals surface area contributed by atoms with Gasteiger partial charge in [-0.1, -0.05) is 11.3 Å². The second-order valence-electron chi connectivity index (χ2n) is 3.92. The Bertz CT molecular complexity index is 577. The van der Waals surface area contributed by atoms with Gasteiger partial charge in [0, 0.05) is 6.04 Å². The van der Waals surface area contributed by atoms with Crippen molar-refractivity contribution in [2.45, 2.75) is 19.9 Å². The lowest BCUT2D eigenvalue weighted by molar-refractivity contribution is 0.756. The molecule has 17 heavy (non-hydrogen) atoms. The molecule has 0 aliphatic heterocycles. The van der Waals surface area contributed by atoms with Crippen LogP contribution in [0.1, 0.15) is 29.9 Å². The summed E-state index contributed by atoms with van der Waals surface area (Å²) < 4.78 is 1.69. The van der Waals surface area contributed by atoms with Crippen LogP contribution < -0.4 is 5.73 Å². The number of nitriles is 1. The maximum absolute atomic E-state index is 8.86. The first-order chi connectivity index (χ1) is 8.13. The van der Waals surface area contributed by atoms with Crippen molar-refractivity contribution in [1.82, 2.24) is 15.0 Å². The van der Waals surface area contributed by atoms with Gasteiger partial charge in [-0.15, -0.1) is 5.10 Å². The number of aromatic nitrogens is 3. The Morgan fingerprint density at radius 1 is 1.47 bits per heavy atom. The van der Waals surface area contributed by atoms with Gasteiger partial charge in [0.05, 0.1) is 23.0 Å². The molecule has 5 heteroatoms. The fraction of sp³-hybridized carbons (Fsp3) is 0.250. The van der Waals surface area contributed by atoms with Gasteiger partial charge in [-0.25, -0.2) is 4.68 Å². The summed E-state index contributed by atoms with van der Waals surface area (Å²) in [6.45, 7) is 3.78. The summed E-state index contributed by atoms with van der Waals surface area (Å²) in [6.07, 6.45) is 0. The third-order valence-electron chi connectivity index (χ3n) is 2.58. The van der Waals surface area contributed by atoms with Crippen molar-refractivity contribution in [3.05, 3.63) is 41.2 Å². The van der Waals surface area contributed by atoms with Gasteiger partial charge in [0.15, 0.2) is 0 Å². The Morgan fingerprint density at radius 3 is 2.82 bits per heavy atom. The lowest BCUT2D eigenvalue weighted by Crippen LogP contribution is -2.08. The molecule has 2 N–H and O–H groups in total. The van der Waals surface area contributed by atoms with Gasteiger partial charge in [-0.05, 0) is 32.0 Å². The lowest BCUT2D eigenvalue weighted by atomic mass is 10.2. The zero-order valence-electron chi connectivity index (χ0n) is 9.75. The molecule has 1 atom stereocenters. The Morgan fingerprint density at radius 2 is 2.24 bits per heavy atom. The lowest BCUT2D eigenvalue weighted by Gasteiger charge is -2.05. The molecule has 2 rings (SSSR count). The largest absolute Gasteiger partial charge is 0.323 e. The number of hydrogen-bond donors (Lipinski definition) is 1. The molecule has 0 amide bonds. The van der Waals surface area contributed by atoms with Crippen LogP contribution in [0, 0.1) is 18.3 Å². The minimum Gasteiger partial charge on any atom is -0.323 e. The Kier molecular flexibility index (Phi) is 2.90. The van der Waals surface area contributed by atoms with E-state index in [9.17, 15) is 0 Å². The van der Waals surface area contributed by atoms with Crippen molar-refractivity contribution in [2.24, 2.45) is 5.73 Å². The van der Waals surface area contributed by atoms with E-state index in [-0.39, 0.29) is 6.04 Å². The smallest absolute Gasteiger partial charge is 0.102 e. The molecular weight excluding hydrogens is 214 g/mol. The van der Waals surface area contributed by atoms with Crippen LogP contribution in [-0.2, 0) is 0 Å². The molecule has 0 aliphatic carbocycles. The summed E-state index contributed by atoms with van der Waals surface area (Å²) in [5.74, 6) is 0. The highest BCUT2D eigenvalue weighted by Gasteiger charge is 2.13. The standard InChI is InChI=1S/C12H13N5/c1-8(14)12-9(2)17(16-15-12)11-5-3-4-10(6-11)7-13/h3-6,8H,14H2,1-2H3. The first-order valence-corrected chi connectivity index (χ1v) is 5.32. The van der Waals surface area contributed by atoms with Crippen LogP contribution in [0.2, 0.25) is 0 Å². The van der Waals surface area contributed by atoms with Crippen LogP contribution in [0.25, 0.3) is 5.69 Å². The second kappa shape index (κ2) is 4.36. The molecular formula is C12H13N5. The monoisotopic (exact) mass is 227 g/mol. The first kappa shape index (κ1) is 11.3. The SMILES string of the molecule is Cc1c(C(C)N)nnn1-c1cccc(C#N)c1. The molecule has 5 nitrogen and oxygen atoms in total. The number of benzene rings is 1. The summed E-state index contributed by atoms with van der Waals surface area (Å²) >= 11 is 0. The number of rotatable bonds is 2. The van der Waals surface area contributed by atoms with Gasteiger partial charge in [-0.3, -0.25) is 0 Å². The predicted molar refractivity (Wildman–Crippen MR) is 63.4 cm³/mol. The van der Waals surface area contributed by atoms with E-state index < -0.39 is 0 Å². The van der Waals surface area contributed by atoms with Crippen molar-refractivity contribution in [2.75, 3.05) is 0 Å². The Labute approximate surface area is 99.5 Å². The van der Waals surface area contributed by atoms with Crippen LogP contribution in [0.3, 0.4) is 0 Å². The van der Waals surface area contributed by atoms with Crippen molar-refractivity contribution in [3.63, 3.8) is 0 Å². The fourth-order valence-electron chi connectivity index (χ4n) is 1.71. The summed E-state index contributed by atoms with van der Waals surface area (Å²) in [5, 5.41) is 17.0. The van der Waals surface area contributed by atoms with Crippen LogP contribution in [-0.4, -0.2) is 15.0 Å². The highest BCUT2D eigenvalue weighted by Crippen LogP contribution is 2.16. The number of nitrogens with zero attached hydrogens (tertiary/aromatic N) is 4. The molecule has 0 spiro atoms. The maximum Gasteiger partial charge on any atom is 0.102 e. The third kappa shape index (κ3) is 2.03. The van der Waals surface area contributed by atoms with Gasteiger partial charge in [0.1, 0.15) is 5.69 Å². The third-order valence-corrected chi connectivity index (χ3v) is 2.58. The van der Waals surface area contributed by atoms with E-state index >= 15 is 0 Å². The summed E-state index contributed by atoms with van der Waals surface area (Å²) in [7, 11) is 0. The molecule has 0 bridgehead atoms. The molecule has 0 saturated carbocycles. The van der Waals surface area contributed by atoms with Gasteiger partial charge in [0.2, 0.25) is 0 Å². The van der Waals surface area contributed by atoms with E-state index in [1.54, 1.807) is 16.8 Å². The van der Waals surface area contributed by atoms with E-state index in [1.807, 2.05) is 26.0 Å². The van der Waals surface area contributed by atoms with Crippen LogP contribution in [0.4, 0.5) is 0 Å². The Hall–Kier alpha value is -2.19. The van der Waals surface area contributed by atoms with Crippen molar-refractivity contribution >= 4 is 0 Å². The fourth-order valence-corrected chi connectivity index (χ4v) is 1.71. The highest BCUT2D eigenvalue weighted by molar-refractivity contribution is 5.41. The topological polar surface area (TPSA) is 80.5 Å². The van der Waals surface area contributed by atoms with Crippen molar-refractivity contribution in [1.29, 1.82) is 5.26 Å². The zero-order valence-corrected chi connectivity index (χ0v) is 9.75. The van der Waals surface area contributed by atoms with Gasteiger partial charge >= 0.3 is 0 Å². The second-order valence-corrected chi connectivity index (χ2v) is 3.92.